The number of rotatable bonds is 1. The fourth-order valence-electron chi connectivity index (χ4n) is 7.04. The topological polar surface area (TPSA) is 0 Å². The molecule has 2 atom stereocenters. The number of hydrogen-bond donors (Lipinski definition) is 0. The first-order valence-corrected chi connectivity index (χ1v) is 10.9. The molecule has 0 radical (unpaired) electrons. The van der Waals surface area contributed by atoms with Gasteiger partial charge in [-0.2, -0.15) is 0 Å². The van der Waals surface area contributed by atoms with E-state index in [1.165, 1.54) is 0 Å². The summed E-state index contributed by atoms with van der Waals surface area (Å²) in [7, 11) is 0. The van der Waals surface area contributed by atoms with Crippen LogP contribution >= 0.6 is 0 Å². The molecule has 0 nitrogen and oxygen atoms in total. The SMILES string of the molecule is C[CH2][Al]1[CH2]CC2([CH2]1)CC1(CCC3CC1C3(C)C)C2. The summed E-state index contributed by atoms with van der Waals surface area (Å²) in [6, 6.07) is 0. The van der Waals surface area contributed by atoms with Crippen LogP contribution in [0.3, 0.4) is 0 Å². The molecule has 1 saturated heterocycles. The van der Waals surface area contributed by atoms with Gasteiger partial charge >= 0.3 is 0 Å². The average Bonchev–Trinajstić information content (AvgIpc) is 2.72. The Balaban J connectivity index is 1.50. The Labute approximate surface area is 117 Å². The lowest BCUT2D eigenvalue weighted by Gasteiger charge is -2.72. The highest BCUT2D eigenvalue weighted by Gasteiger charge is 2.68. The molecule has 4 saturated carbocycles. The maximum absolute atomic E-state index is 2.58. The summed E-state index contributed by atoms with van der Waals surface area (Å²) < 4.78 is 0. The monoisotopic (exact) mass is 260 g/mol. The summed E-state index contributed by atoms with van der Waals surface area (Å²) in [5.41, 5.74) is 2.45. The second-order valence-electron chi connectivity index (χ2n) is 9.08. The third-order valence-electron chi connectivity index (χ3n) is 8.04. The highest BCUT2D eigenvalue weighted by molar-refractivity contribution is 6.59. The third-order valence-corrected chi connectivity index (χ3v) is 11.7. The molecule has 18 heavy (non-hydrogen) atoms. The van der Waals surface area contributed by atoms with Crippen LogP contribution in [0.1, 0.15) is 59.3 Å². The molecule has 5 aliphatic rings. The van der Waals surface area contributed by atoms with Crippen LogP contribution in [0.15, 0.2) is 0 Å². The van der Waals surface area contributed by atoms with Gasteiger partial charge in [-0.25, -0.2) is 0 Å². The summed E-state index contributed by atoms with van der Waals surface area (Å²) in [4.78, 5) is 0. The van der Waals surface area contributed by atoms with Crippen LogP contribution in [-0.4, -0.2) is 14.1 Å². The predicted molar refractivity (Wildman–Crippen MR) is 79.2 cm³/mol. The Morgan fingerprint density at radius 3 is 2.50 bits per heavy atom. The van der Waals surface area contributed by atoms with Crippen LogP contribution in [0.5, 0.6) is 0 Å². The summed E-state index contributed by atoms with van der Waals surface area (Å²) >= 11 is -0.263. The highest BCUT2D eigenvalue weighted by atomic mass is 27.2. The molecule has 0 aromatic carbocycles. The Bertz CT molecular complexity index is 362. The van der Waals surface area contributed by atoms with E-state index in [1.54, 1.807) is 54.4 Å². The quantitative estimate of drug-likeness (QED) is 0.573. The second kappa shape index (κ2) is 3.59. The third kappa shape index (κ3) is 1.39. The van der Waals surface area contributed by atoms with Crippen molar-refractivity contribution in [3.8, 4) is 0 Å². The molecule has 1 heterocycles. The van der Waals surface area contributed by atoms with E-state index >= 15 is 0 Å². The molecule has 2 bridgehead atoms. The standard InChI is InChI=1S/C15H24.C2H5.Al/c1-5-14(4)9-15(10-14)7-6-11-8-12(15)13(11,2)3;1-2;/h11-12H,1,4-10H2,2-3H3;1H2,2H3;. The van der Waals surface area contributed by atoms with Gasteiger partial charge < -0.3 is 0 Å². The zero-order valence-electron chi connectivity index (χ0n) is 12.6. The smallest absolute Gasteiger partial charge is 0.0967 e. The maximum atomic E-state index is 2.58. The minimum absolute atomic E-state index is 0.263. The fraction of sp³-hybridized carbons (Fsp3) is 1.00. The lowest BCUT2D eigenvalue weighted by Crippen LogP contribution is -2.63. The summed E-state index contributed by atoms with van der Waals surface area (Å²) in [6.45, 7) is 7.62. The first-order chi connectivity index (χ1) is 8.50. The summed E-state index contributed by atoms with van der Waals surface area (Å²) in [6.07, 6.45) is 9.71. The number of fused-ring (bicyclic) bond motifs is 1. The van der Waals surface area contributed by atoms with Crippen LogP contribution in [-0.2, 0) is 0 Å². The minimum Gasteiger partial charge on any atom is -0.0967 e. The second-order valence-corrected chi connectivity index (χ2v) is 12.6. The van der Waals surface area contributed by atoms with Gasteiger partial charge in [-0.1, -0.05) is 43.0 Å². The van der Waals surface area contributed by atoms with E-state index in [9.17, 15) is 0 Å². The van der Waals surface area contributed by atoms with Crippen LogP contribution in [0.2, 0.25) is 15.8 Å². The zero-order valence-corrected chi connectivity index (χ0v) is 13.8. The van der Waals surface area contributed by atoms with Gasteiger partial charge in [-0.3, -0.25) is 0 Å². The Morgan fingerprint density at radius 2 is 1.94 bits per heavy atom. The molecule has 0 N–H and O–H groups in total. The molecule has 5 rings (SSSR count). The first kappa shape index (κ1) is 12.3. The van der Waals surface area contributed by atoms with Crippen molar-refractivity contribution in [2.75, 3.05) is 0 Å². The molecule has 2 spiro atoms. The molecule has 0 aromatic heterocycles. The van der Waals surface area contributed by atoms with Crippen LogP contribution in [0.4, 0.5) is 0 Å². The maximum Gasteiger partial charge on any atom is 0.262 e. The van der Waals surface area contributed by atoms with Gasteiger partial charge in [-0.15, -0.1) is 0 Å². The van der Waals surface area contributed by atoms with E-state index in [2.05, 4.69) is 20.8 Å². The fourth-order valence-corrected chi connectivity index (χ4v) is 10.7. The molecule has 4 aliphatic carbocycles. The Morgan fingerprint density at radius 1 is 1.17 bits per heavy atom. The van der Waals surface area contributed by atoms with E-state index in [-0.39, 0.29) is 14.1 Å². The average molecular weight is 260 g/mol. The van der Waals surface area contributed by atoms with Crippen molar-refractivity contribution >= 4 is 14.1 Å². The van der Waals surface area contributed by atoms with E-state index < -0.39 is 0 Å². The number of hydrogen-bond acceptors (Lipinski definition) is 0. The minimum atomic E-state index is -0.263. The van der Waals surface area contributed by atoms with Gasteiger partial charge in [0.05, 0.1) is 0 Å². The molecule has 1 aliphatic heterocycles. The molecule has 5 fully saturated rings. The van der Waals surface area contributed by atoms with E-state index in [0.717, 1.165) is 22.7 Å². The van der Waals surface area contributed by atoms with Crippen molar-refractivity contribution in [2.24, 2.45) is 28.1 Å². The van der Waals surface area contributed by atoms with E-state index in [1.807, 2.05) is 0 Å². The normalized spacial score (nSPS) is 47.2. The lowest BCUT2D eigenvalue weighted by molar-refractivity contribution is -0.224. The van der Waals surface area contributed by atoms with Gasteiger partial charge in [0.2, 0.25) is 0 Å². The lowest BCUT2D eigenvalue weighted by atomic mass is 9.33. The van der Waals surface area contributed by atoms with Crippen molar-refractivity contribution < 1.29 is 0 Å². The molecule has 2 unspecified atom stereocenters. The highest BCUT2D eigenvalue weighted by Crippen LogP contribution is 2.77. The predicted octanol–water partition coefficient (Wildman–Crippen LogP) is 5.13. The molecule has 0 amide bonds. The van der Waals surface area contributed by atoms with Gasteiger partial charge in [0, 0.05) is 0 Å². The Kier molecular flexibility index (Phi) is 2.45. The van der Waals surface area contributed by atoms with Gasteiger partial charge in [-0.05, 0) is 60.2 Å². The summed E-state index contributed by atoms with van der Waals surface area (Å²) in [5, 5.41) is 4.98. The molecular formula is C17H29Al. The van der Waals surface area contributed by atoms with E-state index in [0.29, 0.717) is 5.41 Å². The summed E-state index contributed by atoms with van der Waals surface area (Å²) in [5.74, 6) is 2.20. The van der Waals surface area contributed by atoms with E-state index in [4.69, 9.17) is 0 Å². The van der Waals surface area contributed by atoms with Crippen molar-refractivity contribution in [1.82, 2.24) is 0 Å². The van der Waals surface area contributed by atoms with Crippen LogP contribution < -0.4 is 0 Å². The zero-order chi connectivity index (χ0) is 12.6. The van der Waals surface area contributed by atoms with Crippen molar-refractivity contribution in [2.45, 2.75) is 75.1 Å². The molecule has 0 aromatic rings. The first-order valence-electron chi connectivity index (χ1n) is 8.50. The molecule has 1 heteroatoms. The van der Waals surface area contributed by atoms with Crippen LogP contribution in [0, 0.1) is 28.1 Å². The van der Waals surface area contributed by atoms with Gasteiger partial charge in [0.15, 0.2) is 0 Å². The largest absolute Gasteiger partial charge is 0.262 e. The Hall–Kier alpha value is 0.532. The van der Waals surface area contributed by atoms with Gasteiger partial charge in [0.25, 0.3) is 14.1 Å². The van der Waals surface area contributed by atoms with Crippen LogP contribution in [0.25, 0.3) is 0 Å². The van der Waals surface area contributed by atoms with Crippen molar-refractivity contribution in [1.29, 1.82) is 0 Å². The van der Waals surface area contributed by atoms with Gasteiger partial charge in [0.1, 0.15) is 0 Å². The molecular weight excluding hydrogens is 231 g/mol. The van der Waals surface area contributed by atoms with Crippen molar-refractivity contribution in [3.05, 3.63) is 0 Å². The molecule has 100 valence electrons. The van der Waals surface area contributed by atoms with Crippen molar-refractivity contribution in [3.63, 3.8) is 0 Å².